The van der Waals surface area contributed by atoms with Crippen LogP contribution in [-0.2, 0) is 28.5 Å². The lowest BCUT2D eigenvalue weighted by Gasteiger charge is -2.38. The van der Waals surface area contributed by atoms with E-state index in [9.17, 15) is 14.4 Å². The number of hydrogen-bond acceptors (Lipinski definition) is 7. The van der Waals surface area contributed by atoms with Gasteiger partial charge in [-0.2, -0.15) is 0 Å². The Hall–Kier alpha value is -2.41. The number of rotatable bonds is 10. The van der Waals surface area contributed by atoms with Gasteiger partial charge < -0.3 is 18.9 Å². The molecule has 0 aromatic heterocycles. The van der Waals surface area contributed by atoms with E-state index in [1.165, 1.54) is 14.0 Å². The van der Waals surface area contributed by atoms with E-state index in [1.54, 1.807) is 51.1 Å². The second kappa shape index (κ2) is 10.7. The molecule has 0 amide bonds. The predicted octanol–water partition coefficient (Wildman–Crippen LogP) is 3.12. The van der Waals surface area contributed by atoms with Crippen LogP contribution in [0.15, 0.2) is 30.3 Å². The van der Waals surface area contributed by atoms with E-state index >= 15 is 0 Å². The number of hydrogen-bond donors (Lipinski definition) is 0. The minimum Gasteiger partial charge on any atom is -0.466 e. The van der Waals surface area contributed by atoms with Crippen molar-refractivity contribution in [1.29, 1.82) is 0 Å². The summed E-state index contributed by atoms with van der Waals surface area (Å²) in [6, 6.07) is 8.51. The summed E-state index contributed by atoms with van der Waals surface area (Å²) in [5.74, 6) is -3.31. The number of esters is 3. The van der Waals surface area contributed by atoms with Crippen molar-refractivity contribution in [3.8, 4) is 0 Å². The highest BCUT2D eigenvalue weighted by Crippen LogP contribution is 2.31. The van der Waals surface area contributed by atoms with Crippen molar-refractivity contribution < 1.29 is 33.3 Å². The Balaban J connectivity index is 2.99. The summed E-state index contributed by atoms with van der Waals surface area (Å²) in [7, 11) is 1.41. The predicted molar refractivity (Wildman–Crippen MR) is 97.9 cm³/mol. The van der Waals surface area contributed by atoms with E-state index in [2.05, 4.69) is 0 Å². The lowest BCUT2D eigenvalue weighted by Crippen LogP contribution is -2.48. The Morgan fingerprint density at radius 1 is 1.15 bits per heavy atom. The van der Waals surface area contributed by atoms with Crippen molar-refractivity contribution >= 4 is 17.9 Å². The molecule has 1 aromatic carbocycles. The Labute approximate surface area is 159 Å². The van der Waals surface area contributed by atoms with Crippen LogP contribution in [-0.4, -0.2) is 43.5 Å². The Bertz CT molecular complexity index is 628. The van der Waals surface area contributed by atoms with Crippen molar-refractivity contribution in [2.45, 2.75) is 52.4 Å². The minimum absolute atomic E-state index is 0.0881. The molecule has 0 aliphatic rings. The highest BCUT2D eigenvalue weighted by Gasteiger charge is 2.43. The van der Waals surface area contributed by atoms with Crippen molar-refractivity contribution in [3.63, 3.8) is 0 Å². The van der Waals surface area contributed by atoms with Gasteiger partial charge in [-0.3, -0.25) is 9.59 Å². The van der Waals surface area contributed by atoms with Gasteiger partial charge in [0, 0.05) is 27.4 Å². The van der Waals surface area contributed by atoms with Crippen molar-refractivity contribution in [1.82, 2.24) is 0 Å². The lowest BCUT2D eigenvalue weighted by atomic mass is 9.90. The first-order chi connectivity index (χ1) is 12.7. The molecule has 0 aliphatic carbocycles. The van der Waals surface area contributed by atoms with E-state index < -0.39 is 29.7 Å². The monoisotopic (exact) mass is 380 g/mol. The van der Waals surface area contributed by atoms with Crippen LogP contribution in [0, 0.1) is 5.92 Å². The van der Waals surface area contributed by atoms with Crippen LogP contribution >= 0.6 is 0 Å². The Morgan fingerprint density at radius 3 is 2.30 bits per heavy atom. The smallest absolute Gasteiger partial charge is 0.340 e. The first-order valence-corrected chi connectivity index (χ1v) is 8.89. The summed E-state index contributed by atoms with van der Waals surface area (Å²) >= 11 is 0. The molecule has 7 heteroatoms. The van der Waals surface area contributed by atoms with Crippen LogP contribution in [0.5, 0.6) is 0 Å². The number of carbonyl (C=O) groups excluding carboxylic acids is 3. The average Bonchev–Trinajstić information content (AvgIpc) is 2.64. The van der Waals surface area contributed by atoms with E-state index in [0.717, 1.165) is 0 Å². The van der Waals surface area contributed by atoms with Gasteiger partial charge in [-0.25, -0.2) is 4.79 Å². The van der Waals surface area contributed by atoms with Crippen molar-refractivity contribution in [3.05, 3.63) is 35.9 Å². The minimum atomic E-state index is -1.39. The van der Waals surface area contributed by atoms with E-state index in [0.29, 0.717) is 5.56 Å². The fourth-order valence-electron chi connectivity index (χ4n) is 2.75. The molecule has 0 saturated heterocycles. The summed E-state index contributed by atoms with van der Waals surface area (Å²) in [4.78, 5) is 35.3. The molecule has 1 rings (SSSR count). The molecular formula is C20H28O7. The number of methoxy groups -OCH3 is 1. The summed E-state index contributed by atoms with van der Waals surface area (Å²) < 4.78 is 21.5. The van der Waals surface area contributed by atoms with Crippen molar-refractivity contribution in [2.75, 3.05) is 13.7 Å². The van der Waals surface area contributed by atoms with Crippen LogP contribution in [0.4, 0.5) is 0 Å². The quantitative estimate of drug-likeness (QED) is 0.350. The molecule has 0 aliphatic heterocycles. The topological polar surface area (TPSA) is 88.1 Å². The Kier molecular flexibility index (Phi) is 8.94. The van der Waals surface area contributed by atoms with Gasteiger partial charge in [0.05, 0.1) is 18.1 Å². The summed E-state index contributed by atoms with van der Waals surface area (Å²) in [5.41, 5.74) is 0.372. The fraction of sp³-hybridized carbons (Fsp3) is 0.550. The highest BCUT2D eigenvalue weighted by atomic mass is 16.7. The average molecular weight is 380 g/mol. The molecule has 3 atom stereocenters. The first-order valence-electron chi connectivity index (χ1n) is 8.89. The van der Waals surface area contributed by atoms with E-state index in [4.69, 9.17) is 18.9 Å². The molecule has 1 aromatic rings. The third-order valence-corrected chi connectivity index (χ3v) is 4.28. The number of carbonyl (C=O) groups is 3. The van der Waals surface area contributed by atoms with E-state index in [-0.39, 0.29) is 25.4 Å². The first kappa shape index (κ1) is 22.6. The molecule has 0 bridgehead atoms. The second-order valence-corrected chi connectivity index (χ2v) is 6.26. The van der Waals surface area contributed by atoms with Crippen LogP contribution < -0.4 is 0 Å². The molecule has 0 radical (unpaired) electrons. The van der Waals surface area contributed by atoms with Gasteiger partial charge in [-0.05, 0) is 25.5 Å². The molecular weight excluding hydrogens is 352 g/mol. The van der Waals surface area contributed by atoms with Gasteiger partial charge in [0.15, 0.2) is 0 Å². The molecule has 0 saturated carbocycles. The molecule has 7 nitrogen and oxygen atoms in total. The standard InChI is InChI=1S/C20H28O7/c1-6-18(22)25-13-12-17(14(2)26-15(3)21)20(4,24-5)27-19(23)16-10-8-7-9-11-16/h7-11,14,17H,6,12-13H2,1-5H3. The van der Waals surface area contributed by atoms with Gasteiger partial charge in [-0.1, -0.05) is 25.1 Å². The van der Waals surface area contributed by atoms with Gasteiger partial charge >= 0.3 is 17.9 Å². The van der Waals surface area contributed by atoms with E-state index in [1.807, 2.05) is 0 Å². The largest absolute Gasteiger partial charge is 0.466 e. The van der Waals surface area contributed by atoms with Gasteiger partial charge in [0.25, 0.3) is 0 Å². The number of benzene rings is 1. The molecule has 0 heterocycles. The summed E-state index contributed by atoms with van der Waals surface area (Å²) in [5, 5.41) is 0. The SMILES string of the molecule is CCC(=O)OCCC(C(C)OC(C)=O)C(C)(OC)OC(=O)c1ccccc1. The third-order valence-electron chi connectivity index (χ3n) is 4.28. The van der Waals surface area contributed by atoms with Crippen LogP contribution in [0.2, 0.25) is 0 Å². The number of ether oxygens (including phenoxy) is 4. The molecule has 3 unspecified atom stereocenters. The maximum atomic E-state index is 12.5. The normalized spacial score (nSPS) is 15.1. The second-order valence-electron chi connectivity index (χ2n) is 6.26. The Morgan fingerprint density at radius 2 is 1.78 bits per heavy atom. The zero-order chi connectivity index (χ0) is 20.4. The van der Waals surface area contributed by atoms with Gasteiger partial charge in [0.2, 0.25) is 5.79 Å². The van der Waals surface area contributed by atoms with Crippen LogP contribution in [0.25, 0.3) is 0 Å². The molecule has 0 spiro atoms. The fourth-order valence-corrected chi connectivity index (χ4v) is 2.75. The molecule has 150 valence electrons. The molecule has 0 fully saturated rings. The molecule has 27 heavy (non-hydrogen) atoms. The summed E-state index contributed by atoms with van der Waals surface area (Å²) in [6.07, 6.45) is -0.0854. The zero-order valence-corrected chi connectivity index (χ0v) is 16.5. The maximum Gasteiger partial charge on any atom is 0.340 e. The third kappa shape index (κ3) is 7.02. The van der Waals surface area contributed by atoms with Crippen LogP contribution in [0.3, 0.4) is 0 Å². The lowest BCUT2D eigenvalue weighted by molar-refractivity contribution is -0.232. The zero-order valence-electron chi connectivity index (χ0n) is 16.5. The van der Waals surface area contributed by atoms with Crippen molar-refractivity contribution in [2.24, 2.45) is 5.92 Å². The summed E-state index contributed by atoms with van der Waals surface area (Å²) in [6.45, 7) is 6.36. The van der Waals surface area contributed by atoms with Gasteiger partial charge in [0.1, 0.15) is 6.10 Å². The van der Waals surface area contributed by atoms with Crippen LogP contribution in [0.1, 0.15) is 50.9 Å². The highest BCUT2D eigenvalue weighted by molar-refractivity contribution is 5.89. The maximum absolute atomic E-state index is 12.5. The molecule has 0 N–H and O–H groups in total. The van der Waals surface area contributed by atoms with Gasteiger partial charge in [-0.15, -0.1) is 0 Å².